The molecule has 4 nitrogen and oxygen atoms in total. The third-order valence-electron chi connectivity index (χ3n) is 2.94. The molecule has 0 aliphatic carbocycles. The van der Waals surface area contributed by atoms with Crippen LogP contribution in [0.15, 0.2) is 24.3 Å². The highest BCUT2D eigenvalue weighted by atomic mass is 16.4. The van der Waals surface area contributed by atoms with Gasteiger partial charge in [0.05, 0.1) is 0 Å². The van der Waals surface area contributed by atoms with Gasteiger partial charge in [0.15, 0.2) is 0 Å². The molecule has 1 aromatic carbocycles. The number of hydrogen-bond donors (Lipinski definition) is 1. The van der Waals surface area contributed by atoms with Gasteiger partial charge in [-0.05, 0) is 11.1 Å². The summed E-state index contributed by atoms with van der Waals surface area (Å²) >= 11 is 0. The lowest BCUT2D eigenvalue weighted by molar-refractivity contribution is -0.150. The van der Waals surface area contributed by atoms with Crippen LogP contribution >= 0.6 is 0 Å². The van der Waals surface area contributed by atoms with Crippen molar-refractivity contribution in [2.75, 3.05) is 0 Å². The van der Waals surface area contributed by atoms with E-state index in [9.17, 15) is 9.59 Å². The Bertz CT molecular complexity index is 401. The van der Waals surface area contributed by atoms with E-state index in [0.29, 0.717) is 13.0 Å². The maximum atomic E-state index is 11.4. The van der Waals surface area contributed by atoms with Gasteiger partial charge in [-0.15, -0.1) is 0 Å². The van der Waals surface area contributed by atoms with E-state index in [4.69, 9.17) is 5.11 Å². The van der Waals surface area contributed by atoms with Crippen LogP contribution in [0.25, 0.3) is 0 Å². The zero-order valence-corrected chi connectivity index (χ0v) is 9.01. The molecule has 0 unspecified atom stereocenters. The molecule has 2 rings (SSSR count). The van der Waals surface area contributed by atoms with Crippen LogP contribution in [0, 0.1) is 0 Å². The Morgan fingerprint density at radius 1 is 1.31 bits per heavy atom. The topological polar surface area (TPSA) is 57.6 Å². The number of aliphatic carboxylic acids is 1. The van der Waals surface area contributed by atoms with Crippen molar-refractivity contribution >= 4 is 11.9 Å². The highest BCUT2D eigenvalue weighted by molar-refractivity contribution is 5.83. The third-order valence-corrected chi connectivity index (χ3v) is 2.94. The number of carboxylic acids is 1. The van der Waals surface area contributed by atoms with E-state index >= 15 is 0 Å². The van der Waals surface area contributed by atoms with Gasteiger partial charge in [0, 0.05) is 19.9 Å². The maximum absolute atomic E-state index is 11.4. The molecule has 16 heavy (non-hydrogen) atoms. The second kappa shape index (κ2) is 3.96. The summed E-state index contributed by atoms with van der Waals surface area (Å²) in [4.78, 5) is 23.9. The first-order chi connectivity index (χ1) is 7.59. The highest BCUT2D eigenvalue weighted by Gasteiger charge is 2.32. The van der Waals surface area contributed by atoms with E-state index in [1.54, 1.807) is 0 Å². The Balaban J connectivity index is 2.37. The lowest BCUT2D eigenvalue weighted by atomic mass is 9.94. The van der Waals surface area contributed by atoms with Gasteiger partial charge >= 0.3 is 5.97 Å². The second-order valence-corrected chi connectivity index (χ2v) is 3.97. The molecule has 84 valence electrons. The molecular formula is C12H13NO3. The fourth-order valence-corrected chi connectivity index (χ4v) is 2.07. The average molecular weight is 219 g/mol. The summed E-state index contributed by atoms with van der Waals surface area (Å²) < 4.78 is 0. The summed E-state index contributed by atoms with van der Waals surface area (Å²) in [6.07, 6.45) is 0.394. The van der Waals surface area contributed by atoms with Gasteiger partial charge in [0.2, 0.25) is 5.91 Å². The molecule has 1 heterocycles. The van der Waals surface area contributed by atoms with Gasteiger partial charge in [-0.3, -0.25) is 4.79 Å². The molecule has 1 atom stereocenters. The molecule has 1 amide bonds. The molecule has 1 aromatic rings. The zero-order chi connectivity index (χ0) is 11.7. The molecule has 0 aromatic heterocycles. The van der Waals surface area contributed by atoms with Crippen LogP contribution in [0.4, 0.5) is 0 Å². The number of carboxylic acid groups (broad SMARTS) is 1. The number of carbonyl (C=O) groups is 2. The van der Waals surface area contributed by atoms with Crippen LogP contribution in [0.1, 0.15) is 18.1 Å². The SMILES string of the molecule is CC(=O)N1Cc2ccccc2C[C@@H]1C(=O)O. The number of rotatable bonds is 1. The summed E-state index contributed by atoms with van der Waals surface area (Å²) in [6, 6.07) is 6.92. The van der Waals surface area contributed by atoms with Crippen LogP contribution in [0.2, 0.25) is 0 Å². The van der Waals surface area contributed by atoms with Crippen LogP contribution in [0.5, 0.6) is 0 Å². The second-order valence-electron chi connectivity index (χ2n) is 3.97. The van der Waals surface area contributed by atoms with E-state index < -0.39 is 12.0 Å². The van der Waals surface area contributed by atoms with Crippen LogP contribution < -0.4 is 0 Å². The first kappa shape index (κ1) is 10.7. The smallest absolute Gasteiger partial charge is 0.326 e. The van der Waals surface area contributed by atoms with Gasteiger partial charge in [0.25, 0.3) is 0 Å². The molecule has 0 saturated heterocycles. The molecule has 0 saturated carbocycles. The summed E-state index contributed by atoms with van der Waals surface area (Å²) in [6.45, 7) is 1.80. The Hall–Kier alpha value is -1.84. The molecule has 1 aliphatic heterocycles. The summed E-state index contributed by atoms with van der Waals surface area (Å²) in [7, 11) is 0. The van der Waals surface area contributed by atoms with Gasteiger partial charge < -0.3 is 10.0 Å². The summed E-state index contributed by atoms with van der Waals surface area (Å²) in [5, 5.41) is 9.09. The first-order valence-corrected chi connectivity index (χ1v) is 5.16. The van der Waals surface area contributed by atoms with Crippen molar-refractivity contribution < 1.29 is 14.7 Å². The van der Waals surface area contributed by atoms with Crippen LogP contribution in [-0.2, 0) is 22.6 Å². The van der Waals surface area contributed by atoms with Crippen molar-refractivity contribution in [2.45, 2.75) is 25.9 Å². The van der Waals surface area contributed by atoms with E-state index in [1.807, 2.05) is 24.3 Å². The van der Waals surface area contributed by atoms with Crippen LogP contribution in [-0.4, -0.2) is 27.9 Å². The quantitative estimate of drug-likeness (QED) is 0.767. The zero-order valence-electron chi connectivity index (χ0n) is 9.01. The maximum Gasteiger partial charge on any atom is 0.326 e. The Morgan fingerprint density at radius 2 is 1.94 bits per heavy atom. The summed E-state index contributed by atoms with van der Waals surface area (Å²) in [5.74, 6) is -1.13. The van der Waals surface area contributed by atoms with Crippen molar-refractivity contribution in [3.05, 3.63) is 35.4 Å². The van der Waals surface area contributed by atoms with Crippen molar-refractivity contribution in [2.24, 2.45) is 0 Å². The Labute approximate surface area is 93.5 Å². The number of benzene rings is 1. The predicted octanol–water partition coefficient (Wildman–Crippen LogP) is 1.04. The molecule has 1 N–H and O–H groups in total. The Kier molecular flexibility index (Phi) is 2.64. The number of fused-ring (bicyclic) bond motifs is 1. The van der Waals surface area contributed by atoms with Gasteiger partial charge in [0.1, 0.15) is 6.04 Å². The normalized spacial score (nSPS) is 19.1. The number of carbonyl (C=O) groups excluding carboxylic acids is 1. The van der Waals surface area contributed by atoms with Crippen molar-refractivity contribution in [3.8, 4) is 0 Å². The molecule has 0 radical (unpaired) electrons. The molecule has 1 aliphatic rings. The molecule has 0 spiro atoms. The van der Waals surface area contributed by atoms with Crippen LogP contribution in [0.3, 0.4) is 0 Å². The lowest BCUT2D eigenvalue weighted by Gasteiger charge is -2.33. The monoisotopic (exact) mass is 219 g/mol. The van der Waals surface area contributed by atoms with Crippen molar-refractivity contribution in [3.63, 3.8) is 0 Å². The van der Waals surface area contributed by atoms with E-state index in [1.165, 1.54) is 11.8 Å². The van der Waals surface area contributed by atoms with E-state index in [0.717, 1.165) is 11.1 Å². The highest BCUT2D eigenvalue weighted by Crippen LogP contribution is 2.23. The minimum atomic E-state index is -0.940. The lowest BCUT2D eigenvalue weighted by Crippen LogP contribution is -2.47. The molecule has 0 bridgehead atoms. The fourth-order valence-electron chi connectivity index (χ4n) is 2.07. The van der Waals surface area contributed by atoms with Crippen molar-refractivity contribution in [1.82, 2.24) is 4.90 Å². The first-order valence-electron chi connectivity index (χ1n) is 5.16. The summed E-state index contributed by atoms with van der Waals surface area (Å²) in [5.41, 5.74) is 2.06. The predicted molar refractivity (Wildman–Crippen MR) is 57.8 cm³/mol. The fraction of sp³-hybridized carbons (Fsp3) is 0.333. The number of amides is 1. The van der Waals surface area contributed by atoms with E-state index in [-0.39, 0.29) is 5.91 Å². The van der Waals surface area contributed by atoms with Gasteiger partial charge in [-0.1, -0.05) is 24.3 Å². The number of nitrogens with zero attached hydrogens (tertiary/aromatic N) is 1. The van der Waals surface area contributed by atoms with Crippen molar-refractivity contribution in [1.29, 1.82) is 0 Å². The molecule has 0 fully saturated rings. The average Bonchev–Trinajstić information content (AvgIpc) is 2.27. The minimum absolute atomic E-state index is 0.193. The van der Waals surface area contributed by atoms with Gasteiger partial charge in [-0.25, -0.2) is 4.79 Å². The van der Waals surface area contributed by atoms with E-state index in [2.05, 4.69) is 0 Å². The molecule has 4 heteroatoms. The minimum Gasteiger partial charge on any atom is -0.480 e. The largest absolute Gasteiger partial charge is 0.480 e. The Morgan fingerprint density at radius 3 is 2.50 bits per heavy atom. The standard InChI is InChI=1S/C12H13NO3/c1-8(14)13-7-10-5-3-2-4-9(10)6-11(13)12(15)16/h2-5,11H,6-7H2,1H3,(H,15,16)/t11-/m1/s1. The third kappa shape index (κ3) is 1.78. The number of hydrogen-bond acceptors (Lipinski definition) is 2. The molecular weight excluding hydrogens is 206 g/mol. The van der Waals surface area contributed by atoms with Gasteiger partial charge in [-0.2, -0.15) is 0 Å².